The first-order valence-corrected chi connectivity index (χ1v) is 10.2. The van der Waals surface area contributed by atoms with Crippen LogP contribution in [0.3, 0.4) is 0 Å². The molecule has 1 atom stereocenters. The van der Waals surface area contributed by atoms with Gasteiger partial charge in [0.15, 0.2) is 0 Å². The van der Waals surface area contributed by atoms with Crippen molar-refractivity contribution in [1.29, 1.82) is 0 Å². The van der Waals surface area contributed by atoms with Crippen molar-refractivity contribution in [3.05, 3.63) is 107 Å². The van der Waals surface area contributed by atoms with Gasteiger partial charge < -0.3 is 22.6 Å². The number of rotatable bonds is 8. The van der Waals surface area contributed by atoms with Gasteiger partial charge >= 0.3 is 0 Å². The van der Waals surface area contributed by atoms with Crippen molar-refractivity contribution in [2.24, 2.45) is 5.73 Å². The van der Waals surface area contributed by atoms with Crippen molar-refractivity contribution in [1.82, 2.24) is 0 Å². The highest BCUT2D eigenvalue weighted by molar-refractivity contribution is 5.28. The molecule has 3 heteroatoms. The Balaban J connectivity index is 0.00000300. The molecule has 0 aromatic heterocycles. The smallest absolute Gasteiger partial charge is 0.104 e. The number of halogens is 1. The first-order chi connectivity index (χ1) is 13.4. The number of hydrogen-bond donors (Lipinski definition) is 1. The average Bonchev–Trinajstić information content (AvgIpc) is 2.70. The van der Waals surface area contributed by atoms with Crippen molar-refractivity contribution in [2.75, 3.05) is 20.6 Å². The van der Waals surface area contributed by atoms with Crippen LogP contribution in [0, 0.1) is 0 Å². The monoisotopic (exact) mass is 408 g/mol. The summed E-state index contributed by atoms with van der Waals surface area (Å²) in [6, 6.07) is 28.5. The number of quaternary nitrogens is 1. The van der Waals surface area contributed by atoms with Crippen molar-refractivity contribution in [2.45, 2.75) is 32.4 Å². The first-order valence-electron chi connectivity index (χ1n) is 10.2. The molecule has 0 aliphatic rings. The maximum absolute atomic E-state index is 6.52. The highest BCUT2D eigenvalue weighted by Crippen LogP contribution is 2.19. The minimum absolute atomic E-state index is 0. The Kier molecular flexibility index (Phi) is 8.45. The highest BCUT2D eigenvalue weighted by atomic mass is 35.5. The zero-order valence-electron chi connectivity index (χ0n) is 17.8. The lowest BCUT2D eigenvalue weighted by Gasteiger charge is -2.32. The number of nitrogens with two attached hydrogens (primary N) is 1. The van der Waals surface area contributed by atoms with Crippen molar-refractivity contribution < 1.29 is 16.9 Å². The molecule has 0 saturated heterocycles. The van der Waals surface area contributed by atoms with Crippen LogP contribution in [0.1, 0.15) is 40.8 Å². The van der Waals surface area contributed by atoms with E-state index in [0.717, 1.165) is 30.4 Å². The predicted octanol–water partition coefficient (Wildman–Crippen LogP) is 2.12. The summed E-state index contributed by atoms with van der Waals surface area (Å²) in [7, 11) is 4.52. The van der Waals surface area contributed by atoms with Gasteiger partial charge in [-0.25, -0.2) is 0 Å². The fourth-order valence-electron chi connectivity index (χ4n) is 3.79. The molecule has 0 fully saturated rings. The van der Waals surface area contributed by atoms with Gasteiger partial charge in [0, 0.05) is 5.56 Å². The third kappa shape index (κ3) is 7.01. The number of hydrogen-bond acceptors (Lipinski definition) is 1. The molecule has 3 aromatic rings. The molecule has 0 aliphatic heterocycles. The van der Waals surface area contributed by atoms with Gasteiger partial charge in [0.25, 0.3) is 0 Å². The van der Waals surface area contributed by atoms with Gasteiger partial charge in [0.05, 0.1) is 26.7 Å². The summed E-state index contributed by atoms with van der Waals surface area (Å²) >= 11 is 0. The van der Waals surface area contributed by atoms with Crippen LogP contribution in [-0.4, -0.2) is 25.1 Å². The van der Waals surface area contributed by atoms with Crippen LogP contribution in [0.2, 0.25) is 0 Å². The summed E-state index contributed by atoms with van der Waals surface area (Å²) in [6.07, 6.45) is 2.05. The van der Waals surface area contributed by atoms with Gasteiger partial charge in [-0.05, 0) is 35.1 Å². The maximum atomic E-state index is 6.52. The molecule has 0 bridgehead atoms. The van der Waals surface area contributed by atoms with E-state index in [1.165, 1.54) is 27.8 Å². The number of nitrogens with zero attached hydrogens (tertiary/aromatic N) is 1. The van der Waals surface area contributed by atoms with Gasteiger partial charge in [-0.2, -0.15) is 0 Å². The van der Waals surface area contributed by atoms with E-state index in [1.807, 2.05) is 0 Å². The van der Waals surface area contributed by atoms with Crippen LogP contribution in [0.15, 0.2) is 78.9 Å². The number of aryl methyl sites for hydroxylation is 1. The Morgan fingerprint density at radius 3 is 1.83 bits per heavy atom. The minimum atomic E-state index is 0. The van der Waals surface area contributed by atoms with Crippen molar-refractivity contribution >= 4 is 0 Å². The molecular weight excluding hydrogens is 376 g/mol. The van der Waals surface area contributed by atoms with Crippen molar-refractivity contribution in [3.8, 4) is 0 Å². The van der Waals surface area contributed by atoms with Gasteiger partial charge in [-0.1, -0.05) is 85.8 Å². The van der Waals surface area contributed by atoms with Crippen molar-refractivity contribution in [3.63, 3.8) is 0 Å². The van der Waals surface area contributed by atoms with E-state index in [4.69, 9.17) is 5.73 Å². The van der Waals surface area contributed by atoms with E-state index < -0.39 is 0 Å². The van der Waals surface area contributed by atoms with Crippen LogP contribution in [0.25, 0.3) is 0 Å². The molecule has 29 heavy (non-hydrogen) atoms. The maximum Gasteiger partial charge on any atom is 0.104 e. The van der Waals surface area contributed by atoms with Crippen LogP contribution < -0.4 is 18.1 Å². The quantitative estimate of drug-likeness (QED) is 0.568. The molecule has 154 valence electrons. The van der Waals surface area contributed by atoms with Crippen LogP contribution in [0.5, 0.6) is 0 Å². The second-order valence-electron chi connectivity index (χ2n) is 8.46. The Bertz CT molecular complexity index is 855. The lowest BCUT2D eigenvalue weighted by molar-refractivity contribution is -0.905. The molecule has 0 saturated carbocycles. The van der Waals surface area contributed by atoms with Crippen LogP contribution in [-0.2, 0) is 19.4 Å². The lowest BCUT2D eigenvalue weighted by atomic mass is 10.0. The second-order valence-corrected chi connectivity index (χ2v) is 8.46. The van der Waals surface area contributed by atoms with E-state index in [0.29, 0.717) is 0 Å². The zero-order valence-corrected chi connectivity index (χ0v) is 18.6. The fraction of sp³-hybridized carbons (Fsp3) is 0.308. The third-order valence-corrected chi connectivity index (χ3v) is 5.39. The summed E-state index contributed by atoms with van der Waals surface area (Å²) in [5.74, 6) is 0. The average molecular weight is 409 g/mol. The minimum Gasteiger partial charge on any atom is -1.00 e. The molecule has 0 radical (unpaired) electrons. The van der Waals surface area contributed by atoms with Gasteiger partial charge in [-0.15, -0.1) is 0 Å². The largest absolute Gasteiger partial charge is 1.00 e. The van der Waals surface area contributed by atoms with E-state index >= 15 is 0 Å². The highest BCUT2D eigenvalue weighted by Gasteiger charge is 2.21. The first kappa shape index (κ1) is 23.2. The van der Waals surface area contributed by atoms with Gasteiger partial charge in [0.2, 0.25) is 0 Å². The van der Waals surface area contributed by atoms with Gasteiger partial charge in [-0.3, -0.25) is 0 Å². The Hall–Kier alpha value is -2.13. The van der Waals surface area contributed by atoms with E-state index in [-0.39, 0.29) is 18.4 Å². The number of benzene rings is 3. The van der Waals surface area contributed by atoms with Crippen LogP contribution >= 0.6 is 0 Å². The molecule has 2 nitrogen and oxygen atoms in total. The standard InChI is InChI=1S/C26H33N2.ClH/c1-4-21-14-16-25(17-15-21)26(27)20-28(2,3)19-24-12-10-23(11-13-24)18-22-8-6-5-7-9-22;/h5-17,26H,4,18-20,27H2,1-3H3;1H/q+1;/p-1. The summed E-state index contributed by atoms with van der Waals surface area (Å²) in [4.78, 5) is 0. The SMILES string of the molecule is CCc1ccc(C(N)C[N+](C)(C)Cc2ccc(Cc3ccccc3)cc2)cc1.[Cl-]. The molecule has 1 unspecified atom stereocenters. The zero-order chi connectivity index (χ0) is 20.0. The molecule has 3 rings (SSSR count). The normalized spacial score (nSPS) is 12.3. The summed E-state index contributed by atoms with van der Waals surface area (Å²) in [5.41, 5.74) is 13.2. The molecule has 2 N–H and O–H groups in total. The second kappa shape index (κ2) is 10.6. The molecule has 3 aromatic carbocycles. The van der Waals surface area contributed by atoms with Crippen LogP contribution in [0.4, 0.5) is 0 Å². The molecule has 0 heterocycles. The number of likely N-dealkylation sites (N-methyl/N-ethyl adjacent to an activating group) is 1. The summed E-state index contributed by atoms with van der Waals surface area (Å²) in [6.45, 7) is 4.07. The van der Waals surface area contributed by atoms with E-state index in [1.54, 1.807) is 0 Å². The Morgan fingerprint density at radius 2 is 1.24 bits per heavy atom. The van der Waals surface area contributed by atoms with E-state index in [2.05, 4.69) is 99.9 Å². The topological polar surface area (TPSA) is 26.0 Å². The molecular formula is C26H33ClN2. The van der Waals surface area contributed by atoms with Gasteiger partial charge in [0.1, 0.15) is 6.54 Å². The predicted molar refractivity (Wildman–Crippen MR) is 119 cm³/mol. The molecule has 0 amide bonds. The summed E-state index contributed by atoms with van der Waals surface area (Å²) < 4.78 is 0.870. The molecule has 0 spiro atoms. The third-order valence-electron chi connectivity index (χ3n) is 5.39. The summed E-state index contributed by atoms with van der Waals surface area (Å²) in [5, 5.41) is 0. The molecule has 0 aliphatic carbocycles. The lowest BCUT2D eigenvalue weighted by Crippen LogP contribution is -3.00. The fourth-order valence-corrected chi connectivity index (χ4v) is 3.79. The Labute approximate surface area is 182 Å². The van der Waals surface area contributed by atoms with E-state index in [9.17, 15) is 0 Å². The Morgan fingerprint density at radius 1 is 0.724 bits per heavy atom.